The lowest BCUT2D eigenvalue weighted by Gasteiger charge is -2.29. The third kappa shape index (κ3) is 6.86. The van der Waals surface area contributed by atoms with Crippen molar-refractivity contribution < 1.29 is 19.2 Å². The zero-order valence-electron chi connectivity index (χ0n) is 21.1. The first kappa shape index (κ1) is 28.9. The molecule has 0 fully saturated rings. The van der Waals surface area contributed by atoms with Crippen molar-refractivity contribution in [3.8, 4) is 16.9 Å². The molecule has 3 aromatic rings. The van der Waals surface area contributed by atoms with Gasteiger partial charge < -0.3 is 19.2 Å². The fraction of sp³-hybridized carbons (Fsp3) is 0.333. The lowest BCUT2D eigenvalue weighted by molar-refractivity contribution is 0.476. The summed E-state index contributed by atoms with van der Waals surface area (Å²) in [4.78, 5) is 29.6. The van der Waals surface area contributed by atoms with E-state index in [1.54, 1.807) is 12.1 Å². The Morgan fingerprint density at radius 1 is 0.647 bits per heavy atom. The van der Waals surface area contributed by atoms with E-state index in [0.717, 1.165) is 33.3 Å². The van der Waals surface area contributed by atoms with E-state index in [-0.39, 0.29) is 20.7 Å². The summed E-state index contributed by atoms with van der Waals surface area (Å²) in [5.74, 6) is 0.728. The molecule has 0 radical (unpaired) electrons. The SMILES string of the molecule is Cc1cc(OP(O)c2ccc(-c3ccc(P(O)O)cc3)cc2)c(C(C)(C)C)cc1C(C)(C)C.P. The standard InChI is InChI=1S/C27H34O4P2.H3P/c1-18-16-25(24(27(5,6)7)17-23(18)26(2,3)4)31-33(30)22-14-10-20(11-15-22)19-8-12-21(13-9-19)32(28)29;/h8-17,28-30H,1-7H3;1H3. The van der Waals surface area contributed by atoms with Gasteiger partial charge in [0.15, 0.2) is 8.38 Å². The van der Waals surface area contributed by atoms with Gasteiger partial charge in [-0.2, -0.15) is 9.90 Å². The number of rotatable bonds is 5. The van der Waals surface area contributed by atoms with Crippen molar-refractivity contribution >= 4 is 37.3 Å². The molecule has 34 heavy (non-hydrogen) atoms. The highest BCUT2D eigenvalue weighted by atomic mass is 31.2. The van der Waals surface area contributed by atoms with E-state index in [1.807, 2.05) is 36.4 Å². The largest absolute Gasteiger partial charge is 0.444 e. The normalized spacial score (nSPS) is 12.9. The van der Waals surface area contributed by atoms with Gasteiger partial charge in [0.25, 0.3) is 8.38 Å². The summed E-state index contributed by atoms with van der Waals surface area (Å²) in [7, 11) is -3.91. The van der Waals surface area contributed by atoms with E-state index in [2.05, 4.69) is 60.6 Å². The highest BCUT2D eigenvalue weighted by Gasteiger charge is 2.26. The quantitative estimate of drug-likeness (QED) is 0.350. The second-order valence-corrected chi connectivity index (χ2v) is 12.8. The summed E-state index contributed by atoms with van der Waals surface area (Å²) >= 11 is 0. The molecule has 0 aliphatic rings. The van der Waals surface area contributed by atoms with Gasteiger partial charge in [-0.15, -0.1) is 0 Å². The Hall–Kier alpha value is -1.37. The van der Waals surface area contributed by atoms with Crippen molar-refractivity contribution in [2.24, 2.45) is 0 Å². The highest BCUT2D eigenvalue weighted by molar-refractivity contribution is 7.55. The first-order chi connectivity index (χ1) is 15.3. The summed E-state index contributed by atoms with van der Waals surface area (Å²) in [6, 6.07) is 19.1. The van der Waals surface area contributed by atoms with Crippen molar-refractivity contribution in [1.82, 2.24) is 0 Å². The summed E-state index contributed by atoms with van der Waals surface area (Å²) in [5, 5.41) is 1.25. The fourth-order valence-corrected chi connectivity index (χ4v) is 5.13. The Kier molecular flexibility index (Phi) is 9.45. The predicted octanol–water partition coefficient (Wildman–Crippen LogP) is 6.25. The van der Waals surface area contributed by atoms with Gasteiger partial charge in [0.05, 0.1) is 0 Å². The van der Waals surface area contributed by atoms with Crippen LogP contribution >= 0.6 is 26.6 Å². The minimum Gasteiger partial charge on any atom is -0.444 e. The number of hydrogen-bond donors (Lipinski definition) is 3. The van der Waals surface area contributed by atoms with Crippen molar-refractivity contribution in [2.75, 3.05) is 0 Å². The molecule has 2 unspecified atom stereocenters. The van der Waals surface area contributed by atoms with Gasteiger partial charge in [0.1, 0.15) is 5.75 Å². The van der Waals surface area contributed by atoms with Crippen molar-refractivity contribution in [1.29, 1.82) is 0 Å². The van der Waals surface area contributed by atoms with Crippen LogP contribution < -0.4 is 15.1 Å². The maximum Gasteiger partial charge on any atom is 0.262 e. The molecule has 0 saturated heterocycles. The summed E-state index contributed by atoms with van der Waals surface area (Å²) in [6.45, 7) is 15.2. The average Bonchev–Trinajstić information content (AvgIpc) is 2.72. The lowest BCUT2D eigenvalue weighted by Crippen LogP contribution is -2.19. The van der Waals surface area contributed by atoms with Crippen LogP contribution in [0.4, 0.5) is 0 Å². The molecule has 2 atom stereocenters. The molecule has 0 aliphatic carbocycles. The van der Waals surface area contributed by atoms with Gasteiger partial charge in [0, 0.05) is 16.2 Å². The van der Waals surface area contributed by atoms with Crippen LogP contribution in [0.3, 0.4) is 0 Å². The molecule has 0 aromatic heterocycles. The second-order valence-electron chi connectivity index (χ2n) is 10.4. The van der Waals surface area contributed by atoms with Crippen molar-refractivity contribution in [3.05, 3.63) is 77.4 Å². The Morgan fingerprint density at radius 3 is 1.50 bits per heavy atom. The van der Waals surface area contributed by atoms with E-state index >= 15 is 0 Å². The minimum atomic E-state index is -2.08. The third-order valence-corrected chi connectivity index (χ3v) is 7.52. The van der Waals surface area contributed by atoms with Crippen LogP contribution in [0.15, 0.2) is 60.7 Å². The van der Waals surface area contributed by atoms with Crippen LogP contribution in [0.1, 0.15) is 58.2 Å². The molecule has 3 rings (SSSR count). The van der Waals surface area contributed by atoms with Crippen LogP contribution in [-0.2, 0) is 10.8 Å². The molecular weight excluding hydrogens is 481 g/mol. The van der Waals surface area contributed by atoms with Crippen LogP contribution in [0, 0.1) is 6.92 Å². The molecular formula is C27H37O4P3. The van der Waals surface area contributed by atoms with Crippen molar-refractivity contribution in [3.63, 3.8) is 0 Å². The zero-order chi connectivity index (χ0) is 24.6. The van der Waals surface area contributed by atoms with E-state index in [9.17, 15) is 14.7 Å². The first-order valence-corrected chi connectivity index (χ1v) is 13.4. The first-order valence-electron chi connectivity index (χ1n) is 11.0. The molecule has 3 N–H and O–H groups in total. The third-order valence-electron chi connectivity index (χ3n) is 5.65. The lowest BCUT2D eigenvalue weighted by atomic mass is 9.78. The number of aryl methyl sites for hydroxylation is 1. The van der Waals surface area contributed by atoms with Gasteiger partial charge >= 0.3 is 0 Å². The predicted molar refractivity (Wildman–Crippen MR) is 152 cm³/mol. The van der Waals surface area contributed by atoms with E-state index in [1.165, 1.54) is 5.56 Å². The summed E-state index contributed by atoms with van der Waals surface area (Å²) < 4.78 is 6.16. The summed E-state index contributed by atoms with van der Waals surface area (Å²) in [5.41, 5.74) is 5.37. The molecule has 7 heteroatoms. The van der Waals surface area contributed by atoms with Gasteiger partial charge in [-0.05, 0) is 70.3 Å². The monoisotopic (exact) mass is 518 g/mol. The van der Waals surface area contributed by atoms with Gasteiger partial charge in [-0.3, -0.25) is 0 Å². The average molecular weight is 519 g/mol. The maximum atomic E-state index is 10.9. The van der Waals surface area contributed by atoms with Crippen LogP contribution in [0.5, 0.6) is 5.75 Å². The smallest absolute Gasteiger partial charge is 0.262 e. The van der Waals surface area contributed by atoms with E-state index in [4.69, 9.17) is 4.52 Å². The zero-order valence-corrected chi connectivity index (χ0v) is 24.3. The molecule has 4 nitrogen and oxygen atoms in total. The highest BCUT2D eigenvalue weighted by Crippen LogP contribution is 2.42. The minimum absolute atomic E-state index is 0. The Morgan fingerprint density at radius 2 is 1.09 bits per heavy atom. The fourth-order valence-electron chi connectivity index (χ4n) is 3.87. The molecule has 0 amide bonds. The summed E-state index contributed by atoms with van der Waals surface area (Å²) in [6.07, 6.45) is 0. The molecule has 184 valence electrons. The van der Waals surface area contributed by atoms with Gasteiger partial charge in [0.2, 0.25) is 0 Å². The molecule has 0 saturated carbocycles. The van der Waals surface area contributed by atoms with Gasteiger partial charge in [-0.1, -0.05) is 71.9 Å². The molecule has 0 aliphatic heterocycles. The van der Waals surface area contributed by atoms with Crippen LogP contribution in [0.2, 0.25) is 0 Å². The topological polar surface area (TPSA) is 69.9 Å². The molecule has 3 aromatic carbocycles. The molecule has 0 bridgehead atoms. The van der Waals surface area contributed by atoms with E-state index in [0.29, 0.717) is 5.30 Å². The molecule has 0 heterocycles. The number of hydrogen-bond acceptors (Lipinski definition) is 4. The Balaban J connectivity index is 0.00000408. The van der Waals surface area contributed by atoms with Crippen LogP contribution in [0.25, 0.3) is 11.1 Å². The van der Waals surface area contributed by atoms with Crippen LogP contribution in [-0.4, -0.2) is 14.7 Å². The maximum absolute atomic E-state index is 10.9. The molecule has 0 spiro atoms. The Bertz CT molecular complexity index is 1100. The van der Waals surface area contributed by atoms with Crippen molar-refractivity contribution in [2.45, 2.75) is 59.3 Å². The Labute approximate surface area is 209 Å². The number of benzene rings is 3. The van der Waals surface area contributed by atoms with Gasteiger partial charge in [-0.25, -0.2) is 0 Å². The second kappa shape index (κ2) is 11.1. The van der Waals surface area contributed by atoms with E-state index < -0.39 is 16.8 Å².